The molecule has 0 aliphatic heterocycles. The van der Waals surface area contributed by atoms with Gasteiger partial charge in [-0.2, -0.15) is 0 Å². The van der Waals surface area contributed by atoms with Crippen molar-refractivity contribution in [3.8, 4) is 0 Å². The van der Waals surface area contributed by atoms with Gasteiger partial charge in [0, 0.05) is 20.4 Å². The van der Waals surface area contributed by atoms with Crippen LogP contribution >= 0.6 is 24.0 Å². The highest BCUT2D eigenvalue weighted by Crippen LogP contribution is 2.31. The van der Waals surface area contributed by atoms with E-state index in [2.05, 4.69) is 12.6 Å². The standard InChI is InChI=1S/C9H5FO2S2/c10-5-3-14-7-2-4(9(11)12)1-6(13)8(5)7/h1-3,13H,(H,11,12). The molecule has 0 aliphatic carbocycles. The van der Waals surface area contributed by atoms with Crippen LogP contribution in [0.1, 0.15) is 10.4 Å². The van der Waals surface area contributed by atoms with Crippen LogP contribution in [-0.4, -0.2) is 11.1 Å². The molecule has 72 valence electrons. The van der Waals surface area contributed by atoms with Gasteiger partial charge in [-0.05, 0) is 12.1 Å². The fourth-order valence-corrected chi connectivity index (χ4v) is 2.54. The van der Waals surface area contributed by atoms with Crippen molar-refractivity contribution in [1.82, 2.24) is 0 Å². The van der Waals surface area contributed by atoms with Gasteiger partial charge in [-0.25, -0.2) is 9.18 Å². The van der Waals surface area contributed by atoms with E-state index >= 15 is 0 Å². The van der Waals surface area contributed by atoms with Gasteiger partial charge < -0.3 is 5.11 Å². The van der Waals surface area contributed by atoms with E-state index in [-0.39, 0.29) is 11.4 Å². The molecule has 5 heteroatoms. The molecule has 0 unspecified atom stereocenters. The third-order valence-corrected chi connectivity index (χ3v) is 3.11. The molecule has 1 heterocycles. The molecule has 2 nitrogen and oxygen atoms in total. The Balaban J connectivity index is 2.80. The van der Waals surface area contributed by atoms with Gasteiger partial charge in [-0.15, -0.1) is 24.0 Å². The van der Waals surface area contributed by atoms with Gasteiger partial charge in [-0.1, -0.05) is 0 Å². The lowest BCUT2D eigenvalue weighted by molar-refractivity contribution is 0.0697. The first-order chi connectivity index (χ1) is 6.59. The quantitative estimate of drug-likeness (QED) is 0.736. The Kier molecular flexibility index (Phi) is 2.20. The molecule has 0 amide bonds. The number of hydrogen-bond acceptors (Lipinski definition) is 3. The summed E-state index contributed by atoms with van der Waals surface area (Å²) < 4.78 is 13.8. The van der Waals surface area contributed by atoms with E-state index in [1.807, 2.05) is 0 Å². The van der Waals surface area contributed by atoms with Crippen molar-refractivity contribution in [3.05, 3.63) is 28.9 Å². The van der Waals surface area contributed by atoms with Crippen LogP contribution in [0.15, 0.2) is 22.4 Å². The number of carbonyl (C=O) groups is 1. The number of halogens is 1. The lowest BCUT2D eigenvalue weighted by Crippen LogP contribution is -1.95. The molecule has 0 saturated carbocycles. The zero-order valence-corrected chi connectivity index (χ0v) is 8.53. The molecule has 0 aliphatic rings. The molecule has 2 aromatic rings. The lowest BCUT2D eigenvalue weighted by atomic mass is 10.2. The predicted octanol–water partition coefficient (Wildman–Crippen LogP) is 3.03. The molecular weight excluding hydrogens is 223 g/mol. The first-order valence-electron chi connectivity index (χ1n) is 3.72. The molecular formula is C9H5FO2S2. The van der Waals surface area contributed by atoms with Gasteiger partial charge in [0.1, 0.15) is 5.82 Å². The molecule has 2 rings (SSSR count). The molecule has 14 heavy (non-hydrogen) atoms. The second kappa shape index (κ2) is 3.25. The molecule has 1 aromatic heterocycles. The number of thiophene rings is 1. The predicted molar refractivity (Wildman–Crippen MR) is 56.0 cm³/mol. The summed E-state index contributed by atoms with van der Waals surface area (Å²) in [6.45, 7) is 0. The fourth-order valence-electron chi connectivity index (χ4n) is 1.23. The molecule has 1 aromatic carbocycles. The van der Waals surface area contributed by atoms with Crippen LogP contribution < -0.4 is 0 Å². The van der Waals surface area contributed by atoms with Gasteiger partial charge in [0.25, 0.3) is 0 Å². The van der Waals surface area contributed by atoms with E-state index in [0.717, 1.165) is 0 Å². The molecule has 1 N–H and O–H groups in total. The van der Waals surface area contributed by atoms with Gasteiger partial charge in [0.15, 0.2) is 0 Å². The minimum atomic E-state index is -1.03. The number of fused-ring (bicyclic) bond motifs is 1. The highest BCUT2D eigenvalue weighted by atomic mass is 32.1. The van der Waals surface area contributed by atoms with Crippen molar-refractivity contribution in [2.45, 2.75) is 4.90 Å². The van der Waals surface area contributed by atoms with Gasteiger partial charge >= 0.3 is 5.97 Å². The van der Waals surface area contributed by atoms with Crippen molar-refractivity contribution in [2.75, 3.05) is 0 Å². The van der Waals surface area contributed by atoms with Crippen LogP contribution in [-0.2, 0) is 0 Å². The second-order valence-corrected chi connectivity index (χ2v) is 4.15. The monoisotopic (exact) mass is 228 g/mol. The second-order valence-electron chi connectivity index (χ2n) is 2.76. The van der Waals surface area contributed by atoms with Crippen molar-refractivity contribution in [3.63, 3.8) is 0 Å². The third-order valence-electron chi connectivity index (χ3n) is 1.86. The number of aromatic carboxylic acids is 1. The lowest BCUT2D eigenvalue weighted by Gasteiger charge is -1.98. The van der Waals surface area contributed by atoms with Crippen LogP contribution in [0.5, 0.6) is 0 Å². The van der Waals surface area contributed by atoms with Crippen molar-refractivity contribution in [2.24, 2.45) is 0 Å². The number of carboxylic acids is 1. The van der Waals surface area contributed by atoms with E-state index in [9.17, 15) is 9.18 Å². The first kappa shape index (κ1) is 9.48. The van der Waals surface area contributed by atoms with Crippen LogP contribution in [0, 0.1) is 5.82 Å². The summed E-state index contributed by atoms with van der Waals surface area (Å²) in [5, 5.41) is 10.5. The van der Waals surface area contributed by atoms with E-state index < -0.39 is 5.97 Å². The van der Waals surface area contributed by atoms with Gasteiger partial charge in [0.2, 0.25) is 0 Å². The van der Waals surface area contributed by atoms with Crippen molar-refractivity contribution in [1.29, 1.82) is 0 Å². The maximum atomic E-state index is 13.2. The number of thiol groups is 1. The Hall–Kier alpha value is -1.07. The Morgan fingerprint density at radius 1 is 1.50 bits per heavy atom. The maximum absolute atomic E-state index is 13.2. The highest BCUT2D eigenvalue weighted by Gasteiger charge is 2.11. The average molecular weight is 228 g/mol. The summed E-state index contributed by atoms with van der Waals surface area (Å²) in [7, 11) is 0. The summed E-state index contributed by atoms with van der Waals surface area (Å²) in [5.74, 6) is -1.39. The van der Waals surface area contributed by atoms with E-state index in [1.165, 1.54) is 28.8 Å². The van der Waals surface area contributed by atoms with Crippen molar-refractivity contribution < 1.29 is 14.3 Å². The fraction of sp³-hybridized carbons (Fsp3) is 0. The number of benzene rings is 1. The zero-order chi connectivity index (χ0) is 10.3. The minimum absolute atomic E-state index is 0.129. The van der Waals surface area contributed by atoms with E-state index in [4.69, 9.17) is 5.11 Å². The normalized spacial score (nSPS) is 10.7. The Bertz CT molecular complexity index is 519. The summed E-state index contributed by atoms with van der Waals surface area (Å²) in [4.78, 5) is 11.0. The number of hydrogen-bond donors (Lipinski definition) is 2. The maximum Gasteiger partial charge on any atom is 0.335 e. The van der Waals surface area contributed by atoms with Crippen LogP contribution in [0.4, 0.5) is 4.39 Å². The Morgan fingerprint density at radius 3 is 2.86 bits per heavy atom. The van der Waals surface area contributed by atoms with Crippen LogP contribution in [0.2, 0.25) is 0 Å². The largest absolute Gasteiger partial charge is 0.478 e. The summed E-state index contributed by atoms with van der Waals surface area (Å²) >= 11 is 5.23. The number of carboxylic acid groups (broad SMARTS) is 1. The SMILES string of the molecule is O=C(O)c1cc(S)c2c(F)csc2c1. The molecule has 0 spiro atoms. The van der Waals surface area contributed by atoms with E-state index in [0.29, 0.717) is 15.0 Å². The average Bonchev–Trinajstić information content (AvgIpc) is 2.48. The van der Waals surface area contributed by atoms with Gasteiger partial charge in [0.05, 0.1) is 5.56 Å². The molecule has 0 bridgehead atoms. The van der Waals surface area contributed by atoms with Gasteiger partial charge in [-0.3, -0.25) is 0 Å². The summed E-state index contributed by atoms with van der Waals surface area (Å²) in [5.41, 5.74) is 0.129. The smallest absolute Gasteiger partial charge is 0.335 e. The summed E-state index contributed by atoms with van der Waals surface area (Å²) in [6.07, 6.45) is 0. The Labute approximate surface area is 88.4 Å². The van der Waals surface area contributed by atoms with Crippen LogP contribution in [0.25, 0.3) is 10.1 Å². The number of rotatable bonds is 1. The third kappa shape index (κ3) is 1.38. The van der Waals surface area contributed by atoms with Crippen molar-refractivity contribution >= 4 is 40.0 Å². The topological polar surface area (TPSA) is 37.3 Å². The molecule has 0 saturated heterocycles. The molecule has 0 radical (unpaired) electrons. The molecule has 0 fully saturated rings. The van der Waals surface area contributed by atoms with Crippen LogP contribution in [0.3, 0.4) is 0 Å². The molecule has 0 atom stereocenters. The first-order valence-corrected chi connectivity index (χ1v) is 5.05. The Morgan fingerprint density at radius 2 is 2.21 bits per heavy atom. The summed E-state index contributed by atoms with van der Waals surface area (Å²) in [6, 6.07) is 2.80. The zero-order valence-electron chi connectivity index (χ0n) is 6.82. The van der Waals surface area contributed by atoms with E-state index in [1.54, 1.807) is 0 Å². The minimum Gasteiger partial charge on any atom is -0.478 e. The highest BCUT2D eigenvalue weighted by molar-refractivity contribution is 7.80.